The Balaban J connectivity index is 2.16. The molecule has 21 heavy (non-hydrogen) atoms. The second-order valence-electron chi connectivity index (χ2n) is 4.82. The zero-order valence-corrected chi connectivity index (χ0v) is 13.4. The van der Waals surface area contributed by atoms with Crippen molar-refractivity contribution in [1.29, 1.82) is 0 Å². The average molecular weight is 351 g/mol. The lowest BCUT2D eigenvalue weighted by Crippen LogP contribution is -2.39. The Morgan fingerprint density at radius 2 is 1.90 bits per heavy atom. The van der Waals surface area contributed by atoms with E-state index in [-0.39, 0.29) is 21.5 Å². The molecule has 116 valence electrons. The molecule has 1 fully saturated rings. The highest BCUT2D eigenvalue weighted by atomic mass is 35.5. The molecule has 0 unspecified atom stereocenters. The molecule has 1 saturated heterocycles. The Hall–Kier alpha value is -0.960. The minimum absolute atomic E-state index is 0.0629. The zero-order valence-electron chi connectivity index (χ0n) is 11.0. The summed E-state index contributed by atoms with van der Waals surface area (Å²) >= 11 is 5.82. The van der Waals surface area contributed by atoms with Crippen LogP contribution in [0.15, 0.2) is 23.1 Å². The minimum Gasteiger partial charge on any atom is -0.349 e. The summed E-state index contributed by atoms with van der Waals surface area (Å²) in [5.41, 5.74) is 0.137. The number of nitrogens with two attached hydrogens (primary N) is 1. The fraction of sp³-hybridized carbons (Fsp3) is 0.417. The maximum absolute atomic E-state index is 12.1. The number of nitrogens with one attached hydrogen (secondary N) is 1. The van der Waals surface area contributed by atoms with Crippen LogP contribution in [-0.4, -0.2) is 36.1 Å². The van der Waals surface area contributed by atoms with Gasteiger partial charge in [0.15, 0.2) is 0 Å². The first-order chi connectivity index (χ1) is 9.75. The molecule has 9 heteroatoms. The summed E-state index contributed by atoms with van der Waals surface area (Å²) in [7, 11) is -4.73. The second kappa shape index (κ2) is 6.43. The van der Waals surface area contributed by atoms with Crippen molar-refractivity contribution in [2.45, 2.75) is 23.8 Å². The molecule has 6 nitrogen and oxygen atoms in total. The molecule has 1 aliphatic heterocycles. The van der Waals surface area contributed by atoms with Gasteiger partial charge in [0.2, 0.25) is 10.0 Å². The number of halogens is 1. The number of carbonyl (C=O) groups excluding carboxylic acids is 1. The molecular formula is C12H15ClN2O4S2. The summed E-state index contributed by atoms with van der Waals surface area (Å²) < 4.78 is 33.9. The van der Waals surface area contributed by atoms with Crippen molar-refractivity contribution < 1.29 is 17.4 Å². The van der Waals surface area contributed by atoms with E-state index < -0.39 is 26.7 Å². The first kappa shape index (κ1) is 16.4. The van der Waals surface area contributed by atoms with E-state index >= 15 is 0 Å². The zero-order chi connectivity index (χ0) is 15.6. The molecule has 1 aromatic carbocycles. The lowest BCUT2D eigenvalue weighted by atomic mass is 10.1. The van der Waals surface area contributed by atoms with Crippen LogP contribution < -0.4 is 10.5 Å². The van der Waals surface area contributed by atoms with Gasteiger partial charge in [0, 0.05) is 38.9 Å². The molecule has 1 heterocycles. The Morgan fingerprint density at radius 1 is 1.29 bits per heavy atom. The van der Waals surface area contributed by atoms with Gasteiger partial charge in [-0.3, -0.25) is 9.00 Å². The third-order valence-corrected chi connectivity index (χ3v) is 5.68. The number of rotatable bonds is 3. The quantitative estimate of drug-likeness (QED) is 0.833. The maximum Gasteiger partial charge on any atom is 0.251 e. The highest BCUT2D eigenvalue weighted by molar-refractivity contribution is 7.89. The summed E-state index contributed by atoms with van der Waals surface area (Å²) in [5, 5.41) is 7.96. The number of benzene rings is 1. The van der Waals surface area contributed by atoms with Gasteiger partial charge >= 0.3 is 0 Å². The number of amides is 1. The van der Waals surface area contributed by atoms with Gasteiger partial charge in [0.05, 0.1) is 4.90 Å². The molecule has 0 aliphatic carbocycles. The normalized spacial score (nSPS) is 22.8. The van der Waals surface area contributed by atoms with Crippen LogP contribution in [0.3, 0.4) is 0 Å². The molecule has 0 bridgehead atoms. The van der Waals surface area contributed by atoms with E-state index in [0.717, 1.165) is 0 Å². The van der Waals surface area contributed by atoms with Gasteiger partial charge in [-0.05, 0) is 31.0 Å². The van der Waals surface area contributed by atoms with Crippen LogP contribution in [0.1, 0.15) is 23.2 Å². The van der Waals surface area contributed by atoms with E-state index in [1.165, 1.54) is 18.2 Å². The van der Waals surface area contributed by atoms with E-state index in [1.807, 2.05) is 0 Å². The molecule has 2 rings (SSSR count). The van der Waals surface area contributed by atoms with Crippen molar-refractivity contribution >= 4 is 38.3 Å². The molecular weight excluding hydrogens is 336 g/mol. The monoisotopic (exact) mass is 350 g/mol. The highest BCUT2D eigenvalue weighted by Crippen LogP contribution is 2.19. The standard InChI is InChI=1S/C12H15ClN2O4S2/c13-9-5-8(6-11(7-9)21(14,18)19)12(16)15-10-1-3-20(17)4-2-10/h5-7,10H,1-4H2,(H,15,16)(H2,14,18,19). The van der Waals surface area contributed by atoms with Crippen LogP contribution >= 0.6 is 11.6 Å². The Morgan fingerprint density at radius 3 is 2.48 bits per heavy atom. The number of hydrogen-bond donors (Lipinski definition) is 2. The van der Waals surface area contributed by atoms with E-state index in [2.05, 4.69) is 5.32 Å². The molecule has 0 radical (unpaired) electrons. The summed E-state index contributed by atoms with van der Waals surface area (Å²) in [6.45, 7) is 0. The number of hydrogen-bond acceptors (Lipinski definition) is 4. The van der Waals surface area contributed by atoms with Crippen LogP contribution in [0, 0.1) is 0 Å². The third kappa shape index (κ3) is 4.50. The van der Waals surface area contributed by atoms with Crippen LogP contribution in [0.5, 0.6) is 0 Å². The van der Waals surface area contributed by atoms with Crippen LogP contribution in [0.4, 0.5) is 0 Å². The molecule has 1 aliphatic rings. The van der Waals surface area contributed by atoms with Crippen molar-refractivity contribution in [3.63, 3.8) is 0 Å². The summed E-state index contributed by atoms with van der Waals surface area (Å²) in [6, 6.07) is 3.70. The molecule has 0 aromatic heterocycles. The van der Waals surface area contributed by atoms with Gasteiger partial charge < -0.3 is 5.32 Å². The van der Waals surface area contributed by atoms with Crippen LogP contribution in [0.2, 0.25) is 5.02 Å². The van der Waals surface area contributed by atoms with E-state index in [1.54, 1.807) is 0 Å². The number of sulfonamides is 1. The van der Waals surface area contributed by atoms with Gasteiger partial charge in [-0.25, -0.2) is 13.6 Å². The predicted molar refractivity (Wildman–Crippen MR) is 81.2 cm³/mol. The maximum atomic E-state index is 12.1. The van der Waals surface area contributed by atoms with Gasteiger partial charge in [0.1, 0.15) is 0 Å². The van der Waals surface area contributed by atoms with Crippen molar-refractivity contribution in [2.24, 2.45) is 5.14 Å². The average Bonchev–Trinajstić information content (AvgIpc) is 2.39. The molecule has 3 N–H and O–H groups in total. The largest absolute Gasteiger partial charge is 0.349 e. The van der Waals surface area contributed by atoms with Crippen LogP contribution in [-0.2, 0) is 20.8 Å². The van der Waals surface area contributed by atoms with E-state index in [0.29, 0.717) is 24.3 Å². The first-order valence-corrected chi connectivity index (χ1v) is 9.66. The highest BCUT2D eigenvalue weighted by Gasteiger charge is 2.21. The van der Waals surface area contributed by atoms with Crippen LogP contribution in [0.25, 0.3) is 0 Å². The molecule has 1 amide bonds. The predicted octanol–water partition coefficient (Wildman–Crippen LogP) is 0.628. The van der Waals surface area contributed by atoms with Crippen molar-refractivity contribution in [3.05, 3.63) is 28.8 Å². The minimum atomic E-state index is -3.93. The lowest BCUT2D eigenvalue weighted by molar-refractivity contribution is 0.0934. The van der Waals surface area contributed by atoms with Gasteiger partial charge in [-0.1, -0.05) is 11.6 Å². The third-order valence-electron chi connectivity index (χ3n) is 3.19. The molecule has 0 atom stereocenters. The smallest absolute Gasteiger partial charge is 0.251 e. The molecule has 0 saturated carbocycles. The SMILES string of the molecule is NS(=O)(=O)c1cc(Cl)cc(C(=O)NC2CCS(=O)CC2)c1. The van der Waals surface area contributed by atoms with Gasteiger partial charge in [0.25, 0.3) is 5.91 Å². The Bertz CT molecular complexity index is 680. The van der Waals surface area contributed by atoms with E-state index in [9.17, 15) is 17.4 Å². The van der Waals surface area contributed by atoms with Gasteiger partial charge in [-0.15, -0.1) is 0 Å². The lowest BCUT2D eigenvalue weighted by Gasteiger charge is -2.22. The topological polar surface area (TPSA) is 106 Å². The summed E-state index contributed by atoms with van der Waals surface area (Å²) in [5.74, 6) is 0.700. The molecule has 0 spiro atoms. The fourth-order valence-electron chi connectivity index (χ4n) is 2.06. The van der Waals surface area contributed by atoms with Crippen molar-refractivity contribution in [1.82, 2.24) is 5.32 Å². The Labute approximate surface area is 130 Å². The second-order valence-corrected chi connectivity index (χ2v) is 8.51. The first-order valence-electron chi connectivity index (χ1n) is 6.25. The number of primary sulfonamides is 1. The van der Waals surface area contributed by atoms with Crippen molar-refractivity contribution in [3.8, 4) is 0 Å². The van der Waals surface area contributed by atoms with E-state index in [4.69, 9.17) is 16.7 Å². The summed E-state index contributed by atoms with van der Waals surface area (Å²) in [6.07, 6.45) is 1.28. The van der Waals surface area contributed by atoms with Gasteiger partial charge in [-0.2, -0.15) is 0 Å². The summed E-state index contributed by atoms with van der Waals surface area (Å²) in [4.78, 5) is 11.9. The molecule has 1 aromatic rings. The Kier molecular flexibility index (Phi) is 5.03. The number of carbonyl (C=O) groups is 1. The fourth-order valence-corrected chi connectivity index (χ4v) is 4.25. The van der Waals surface area contributed by atoms with Crippen molar-refractivity contribution in [2.75, 3.05) is 11.5 Å².